The van der Waals surface area contributed by atoms with E-state index in [4.69, 9.17) is 4.74 Å². The monoisotopic (exact) mass is 452 g/mol. The summed E-state index contributed by atoms with van der Waals surface area (Å²) in [6.45, 7) is 9.56. The molecule has 170 valence electrons. The molecule has 0 unspecified atom stereocenters. The fraction of sp³-hybridized carbons (Fsp3) is 0.360. The van der Waals surface area contributed by atoms with Crippen LogP contribution in [0.1, 0.15) is 35.0 Å². The third-order valence-electron chi connectivity index (χ3n) is 5.53. The van der Waals surface area contributed by atoms with Crippen molar-refractivity contribution in [1.29, 1.82) is 0 Å². The third kappa shape index (κ3) is 6.37. The number of nitrogens with one attached hydrogen (secondary N) is 1. The van der Waals surface area contributed by atoms with Crippen LogP contribution in [0.25, 0.3) is 0 Å². The molecule has 0 radical (unpaired) electrons. The summed E-state index contributed by atoms with van der Waals surface area (Å²) in [5.41, 5.74) is 6.66. The van der Waals surface area contributed by atoms with Crippen LogP contribution in [-0.2, 0) is 31.4 Å². The van der Waals surface area contributed by atoms with Crippen LogP contribution in [0.5, 0.6) is 5.88 Å². The largest absolute Gasteiger partial charge is 0.478 e. The van der Waals surface area contributed by atoms with Gasteiger partial charge in [0.05, 0.1) is 6.61 Å². The molecule has 3 heterocycles. The lowest BCUT2D eigenvalue weighted by Crippen LogP contribution is -2.24. The van der Waals surface area contributed by atoms with Gasteiger partial charge in [0, 0.05) is 55.2 Å². The van der Waals surface area contributed by atoms with Crippen LogP contribution in [0.2, 0.25) is 0 Å². The second-order valence-electron chi connectivity index (χ2n) is 7.70. The minimum Gasteiger partial charge on any atom is -0.478 e. The first-order chi connectivity index (χ1) is 15.5. The normalized spacial score (nSPS) is 13.0. The molecule has 32 heavy (non-hydrogen) atoms. The number of hydrogen-bond donors (Lipinski definition) is 1. The van der Waals surface area contributed by atoms with Crippen molar-refractivity contribution in [1.82, 2.24) is 19.2 Å². The molecule has 0 atom stereocenters. The van der Waals surface area contributed by atoms with E-state index < -0.39 is 0 Å². The van der Waals surface area contributed by atoms with E-state index in [0.717, 1.165) is 25.1 Å². The van der Waals surface area contributed by atoms with Crippen LogP contribution in [-0.4, -0.2) is 33.4 Å². The molecule has 0 spiro atoms. The number of carbonyl (C=O) groups is 1. The summed E-state index contributed by atoms with van der Waals surface area (Å²) in [7, 11) is 2.14. The first-order valence-corrected chi connectivity index (χ1v) is 11.7. The van der Waals surface area contributed by atoms with Gasteiger partial charge in [-0.1, -0.05) is 24.3 Å². The summed E-state index contributed by atoms with van der Waals surface area (Å²) in [4.78, 5) is 15.4. The van der Waals surface area contributed by atoms with Gasteiger partial charge in [-0.2, -0.15) is 0 Å². The maximum absolute atomic E-state index is 10.0. The minimum atomic E-state index is 0.506. The molecule has 7 heteroatoms. The predicted octanol–water partition coefficient (Wildman–Crippen LogP) is 4.43. The van der Waals surface area contributed by atoms with Gasteiger partial charge < -0.3 is 14.6 Å². The van der Waals surface area contributed by atoms with Gasteiger partial charge in [0.1, 0.15) is 0 Å². The molecule has 0 aliphatic carbocycles. The Labute approximate surface area is 195 Å². The number of carbonyl (C=O) groups excluding carboxylic acids is 1. The van der Waals surface area contributed by atoms with Gasteiger partial charge in [0.2, 0.25) is 12.3 Å². The van der Waals surface area contributed by atoms with Gasteiger partial charge in [0.25, 0.3) is 0 Å². The Morgan fingerprint density at radius 1 is 1.19 bits per heavy atom. The number of aromatic nitrogens is 2. The number of ether oxygens (including phenoxy) is 1. The molecule has 6 nitrogen and oxygen atoms in total. The Kier molecular flexibility index (Phi) is 8.76. The molecule has 3 aromatic rings. The van der Waals surface area contributed by atoms with E-state index in [1.165, 1.54) is 27.4 Å². The summed E-state index contributed by atoms with van der Waals surface area (Å²) in [6.07, 6.45) is 3.49. The Morgan fingerprint density at radius 2 is 1.97 bits per heavy atom. The van der Waals surface area contributed by atoms with Gasteiger partial charge in [0.15, 0.2) is 0 Å². The van der Waals surface area contributed by atoms with E-state index in [2.05, 4.69) is 70.4 Å². The highest BCUT2D eigenvalue weighted by atomic mass is 32.2. The van der Waals surface area contributed by atoms with Gasteiger partial charge >= 0.3 is 0 Å². The van der Waals surface area contributed by atoms with E-state index in [9.17, 15) is 4.79 Å². The zero-order chi connectivity index (χ0) is 22.9. The number of fused-ring (bicyclic) bond motifs is 1. The van der Waals surface area contributed by atoms with Crippen molar-refractivity contribution in [3.05, 3.63) is 76.7 Å². The lowest BCUT2D eigenvalue weighted by Gasteiger charge is -2.27. The first-order valence-electron chi connectivity index (χ1n) is 10.9. The van der Waals surface area contributed by atoms with Gasteiger partial charge in [-0.3, -0.25) is 4.79 Å². The Morgan fingerprint density at radius 3 is 2.66 bits per heavy atom. The molecule has 1 aromatic carbocycles. The number of hydrogen-bond acceptors (Lipinski definition) is 5. The maximum Gasteiger partial charge on any atom is 0.213 e. The van der Waals surface area contributed by atoms with Crippen molar-refractivity contribution in [2.45, 2.75) is 45.2 Å². The Bertz CT molecular complexity index is 1030. The van der Waals surface area contributed by atoms with E-state index in [1.54, 1.807) is 12.3 Å². The molecule has 1 amide bonds. The third-order valence-corrected chi connectivity index (χ3v) is 6.71. The van der Waals surface area contributed by atoms with E-state index in [1.807, 2.05) is 24.9 Å². The topological polar surface area (TPSA) is 59.4 Å². The first kappa shape index (κ1) is 23.9. The summed E-state index contributed by atoms with van der Waals surface area (Å²) in [5, 5.41) is 2.57. The van der Waals surface area contributed by atoms with E-state index in [0.29, 0.717) is 25.4 Å². The Hall–Kier alpha value is -2.77. The summed E-state index contributed by atoms with van der Waals surface area (Å²) >= 11 is 1.90. The molecule has 0 saturated carbocycles. The highest BCUT2D eigenvalue weighted by Crippen LogP contribution is 2.32. The van der Waals surface area contributed by atoms with Crippen LogP contribution in [0, 0.1) is 13.8 Å². The molecule has 1 aliphatic rings. The average Bonchev–Trinajstić information content (AvgIpc) is 3.05. The molecule has 1 aliphatic heterocycles. The lowest BCUT2D eigenvalue weighted by molar-refractivity contribution is -0.109. The smallest absolute Gasteiger partial charge is 0.213 e. The van der Waals surface area contributed by atoms with Crippen molar-refractivity contribution in [3.63, 3.8) is 0 Å². The molecule has 0 saturated heterocycles. The van der Waals surface area contributed by atoms with Crippen LogP contribution >= 0.6 is 11.9 Å². The predicted molar refractivity (Wildman–Crippen MR) is 130 cm³/mol. The van der Waals surface area contributed by atoms with Crippen LogP contribution in [0.3, 0.4) is 0 Å². The summed E-state index contributed by atoms with van der Waals surface area (Å²) in [5.74, 6) is 0.590. The highest BCUT2D eigenvalue weighted by Gasteiger charge is 2.18. The molecule has 0 bridgehead atoms. The molecular weight excluding hydrogens is 420 g/mol. The van der Waals surface area contributed by atoms with Gasteiger partial charge in [-0.05, 0) is 68.0 Å². The number of rotatable bonds is 7. The molecule has 1 N–H and O–H groups in total. The number of nitrogens with zero attached hydrogens (tertiary/aromatic N) is 3. The van der Waals surface area contributed by atoms with Crippen LogP contribution in [0.4, 0.5) is 0 Å². The highest BCUT2D eigenvalue weighted by molar-refractivity contribution is 7.97. The second-order valence-corrected chi connectivity index (χ2v) is 8.84. The van der Waals surface area contributed by atoms with E-state index >= 15 is 0 Å². The maximum atomic E-state index is 10.0. The number of pyridine rings is 1. The molecule has 4 rings (SSSR count). The molecule has 0 fully saturated rings. The van der Waals surface area contributed by atoms with Crippen molar-refractivity contribution in [2.75, 3.05) is 13.2 Å². The summed E-state index contributed by atoms with van der Waals surface area (Å²) < 4.78 is 9.94. The van der Waals surface area contributed by atoms with Crippen molar-refractivity contribution in [2.24, 2.45) is 7.05 Å². The number of benzene rings is 1. The van der Waals surface area contributed by atoms with Crippen molar-refractivity contribution in [3.8, 4) is 5.88 Å². The van der Waals surface area contributed by atoms with Crippen molar-refractivity contribution < 1.29 is 9.53 Å². The molecule has 2 aromatic heterocycles. The average molecular weight is 453 g/mol. The fourth-order valence-electron chi connectivity index (χ4n) is 3.55. The minimum absolute atomic E-state index is 0.506. The Balaban J connectivity index is 0.000000195. The standard InChI is InChI=1S/C16H20N2S.C9H12N2O2/c1-12-10-16(13(2)17(12)3)19-18-9-8-14-6-4-5-7-15(14)11-18;1-2-13-9-5-8(3-4-11-9)6-10-7-12/h4-7,10H,8-9,11H2,1-3H3;3-5,7H,2,6H2,1H3,(H,10,12). The van der Waals surface area contributed by atoms with E-state index in [-0.39, 0.29) is 0 Å². The number of aryl methyl sites for hydroxylation is 1. The fourth-order valence-corrected chi connectivity index (χ4v) is 4.70. The summed E-state index contributed by atoms with van der Waals surface area (Å²) in [6, 6.07) is 14.7. The number of amides is 1. The zero-order valence-electron chi connectivity index (χ0n) is 19.3. The second kappa shape index (κ2) is 11.7. The van der Waals surface area contributed by atoms with Gasteiger partial charge in [-0.15, -0.1) is 0 Å². The zero-order valence-corrected chi connectivity index (χ0v) is 20.1. The van der Waals surface area contributed by atoms with Gasteiger partial charge in [-0.25, -0.2) is 9.29 Å². The van der Waals surface area contributed by atoms with Crippen molar-refractivity contribution >= 4 is 18.4 Å². The van der Waals surface area contributed by atoms with Crippen LogP contribution in [0.15, 0.2) is 53.6 Å². The molecular formula is C25H32N4O2S. The van der Waals surface area contributed by atoms with Crippen LogP contribution < -0.4 is 10.1 Å². The quantitative estimate of drug-likeness (QED) is 0.424. The SMILES string of the molecule is CCOc1cc(CNC=O)ccn1.Cc1cc(SN2CCc3ccccc3C2)c(C)n1C. The lowest BCUT2D eigenvalue weighted by atomic mass is 10.0.